The van der Waals surface area contributed by atoms with E-state index in [-0.39, 0.29) is 0 Å². The van der Waals surface area contributed by atoms with Crippen molar-refractivity contribution in [2.75, 3.05) is 0 Å². The molecule has 0 aromatic rings. The molecule has 0 amide bonds. The minimum absolute atomic E-state index is 0.980. The largest absolute Gasteiger partial charge is 0.112 e. The molecule has 4 unspecified atom stereocenters. The lowest BCUT2D eigenvalue weighted by atomic mass is 10.1. The van der Waals surface area contributed by atoms with Crippen molar-refractivity contribution < 1.29 is 0 Å². The number of rotatable bonds is 0. The summed E-state index contributed by atoms with van der Waals surface area (Å²) in [6.07, 6.45) is 0. The van der Waals surface area contributed by atoms with Crippen LogP contribution in [0.25, 0.3) is 0 Å². The van der Waals surface area contributed by atoms with Gasteiger partial charge in [0, 0.05) is 0 Å². The molecule has 4 atom stereocenters. The fourth-order valence-electron chi connectivity index (χ4n) is 1.57. The molecular formula is C8H18P2. The minimum atomic E-state index is 0.980. The van der Waals surface area contributed by atoms with Gasteiger partial charge in [-0.05, 0) is 22.6 Å². The molecular weight excluding hydrogens is 158 g/mol. The summed E-state index contributed by atoms with van der Waals surface area (Å²) in [5.41, 5.74) is 1.98. The van der Waals surface area contributed by atoms with E-state index in [0.29, 0.717) is 0 Å². The van der Waals surface area contributed by atoms with Crippen molar-refractivity contribution in [1.82, 2.24) is 0 Å². The maximum absolute atomic E-state index is 2.42. The zero-order valence-electron chi connectivity index (χ0n) is 7.31. The fourth-order valence-corrected chi connectivity index (χ4v) is 6.49. The van der Waals surface area contributed by atoms with Crippen molar-refractivity contribution in [3.05, 3.63) is 0 Å². The lowest BCUT2D eigenvalue weighted by Gasteiger charge is -2.35. The van der Waals surface area contributed by atoms with Gasteiger partial charge in [-0.3, -0.25) is 0 Å². The van der Waals surface area contributed by atoms with Gasteiger partial charge in [0.05, 0.1) is 0 Å². The summed E-state index contributed by atoms with van der Waals surface area (Å²) in [5.74, 6) is 0.980. The van der Waals surface area contributed by atoms with Gasteiger partial charge in [-0.1, -0.05) is 27.7 Å². The predicted molar refractivity (Wildman–Crippen MR) is 54.2 cm³/mol. The van der Waals surface area contributed by atoms with Gasteiger partial charge in [0.15, 0.2) is 0 Å². The van der Waals surface area contributed by atoms with E-state index in [1.54, 1.807) is 0 Å². The van der Waals surface area contributed by atoms with Crippen LogP contribution in [0.15, 0.2) is 0 Å². The Bertz CT molecular complexity index is 102. The second-order valence-electron chi connectivity index (χ2n) is 3.49. The topological polar surface area (TPSA) is 0 Å². The molecule has 0 aliphatic carbocycles. The molecule has 0 aromatic carbocycles. The molecule has 0 saturated carbocycles. The summed E-state index contributed by atoms with van der Waals surface area (Å²) in [6.45, 7) is 9.66. The average Bonchev–Trinajstić information content (AvgIpc) is 1.82. The average molecular weight is 176 g/mol. The summed E-state index contributed by atoms with van der Waals surface area (Å²) < 4.78 is 0. The SMILES string of the molecule is CC1PC(C)C(C)C(C)P1. The summed E-state index contributed by atoms with van der Waals surface area (Å²) in [4.78, 5) is 0. The van der Waals surface area contributed by atoms with E-state index in [0.717, 1.165) is 22.6 Å². The lowest BCUT2D eigenvalue weighted by molar-refractivity contribution is 0.557. The van der Waals surface area contributed by atoms with Gasteiger partial charge in [0.2, 0.25) is 0 Å². The molecule has 10 heavy (non-hydrogen) atoms. The Kier molecular flexibility index (Phi) is 3.14. The Morgan fingerprint density at radius 3 is 1.60 bits per heavy atom. The number of hydrogen-bond acceptors (Lipinski definition) is 0. The molecule has 60 valence electrons. The fraction of sp³-hybridized carbons (Fsp3) is 1.00. The lowest BCUT2D eigenvalue weighted by Crippen LogP contribution is -2.25. The van der Waals surface area contributed by atoms with Crippen molar-refractivity contribution >= 4 is 17.2 Å². The maximum atomic E-state index is 2.42. The molecule has 1 rings (SSSR count). The first-order chi connectivity index (χ1) is 4.61. The monoisotopic (exact) mass is 176 g/mol. The molecule has 0 radical (unpaired) electrons. The first-order valence-corrected chi connectivity index (χ1v) is 6.44. The van der Waals surface area contributed by atoms with Crippen LogP contribution in [0.2, 0.25) is 0 Å². The van der Waals surface area contributed by atoms with Gasteiger partial charge < -0.3 is 0 Å². The number of hydrogen-bond donors (Lipinski definition) is 0. The maximum Gasteiger partial charge on any atom is -0.00846 e. The van der Waals surface area contributed by atoms with Crippen molar-refractivity contribution in [2.45, 2.75) is 44.4 Å². The smallest absolute Gasteiger partial charge is 0.00846 e. The van der Waals surface area contributed by atoms with E-state index in [1.165, 1.54) is 17.2 Å². The van der Waals surface area contributed by atoms with Gasteiger partial charge in [-0.25, -0.2) is 0 Å². The van der Waals surface area contributed by atoms with Crippen LogP contribution in [0.5, 0.6) is 0 Å². The van der Waals surface area contributed by atoms with Crippen LogP contribution in [0.3, 0.4) is 0 Å². The van der Waals surface area contributed by atoms with Crippen molar-refractivity contribution in [2.24, 2.45) is 5.92 Å². The van der Waals surface area contributed by atoms with Crippen LogP contribution in [-0.4, -0.2) is 16.7 Å². The second kappa shape index (κ2) is 3.51. The molecule has 0 aromatic heterocycles. The second-order valence-corrected chi connectivity index (χ2v) is 8.29. The summed E-state index contributed by atoms with van der Waals surface area (Å²) in [7, 11) is 2.46. The van der Waals surface area contributed by atoms with Crippen LogP contribution >= 0.6 is 17.2 Å². The van der Waals surface area contributed by atoms with Crippen LogP contribution in [0.1, 0.15) is 27.7 Å². The van der Waals surface area contributed by atoms with Gasteiger partial charge in [0.1, 0.15) is 0 Å². The van der Waals surface area contributed by atoms with Crippen molar-refractivity contribution in [3.63, 3.8) is 0 Å². The van der Waals surface area contributed by atoms with E-state index < -0.39 is 0 Å². The highest BCUT2D eigenvalue weighted by Crippen LogP contribution is 2.50. The standard InChI is InChI=1S/C8H18P2/c1-5-6(2)9-8(4)10-7(5)3/h5-10H,1-4H3. The summed E-state index contributed by atoms with van der Waals surface area (Å²) in [6, 6.07) is 0. The summed E-state index contributed by atoms with van der Waals surface area (Å²) >= 11 is 0. The third-order valence-electron chi connectivity index (χ3n) is 2.60. The van der Waals surface area contributed by atoms with Crippen LogP contribution in [0, 0.1) is 5.92 Å². The Morgan fingerprint density at radius 1 is 0.800 bits per heavy atom. The highest BCUT2D eigenvalue weighted by Gasteiger charge is 2.27. The van der Waals surface area contributed by atoms with Crippen LogP contribution < -0.4 is 0 Å². The zero-order valence-corrected chi connectivity index (χ0v) is 9.31. The Morgan fingerprint density at radius 2 is 1.20 bits per heavy atom. The third kappa shape index (κ3) is 1.93. The molecule has 0 nitrogen and oxygen atoms in total. The first kappa shape index (κ1) is 8.95. The quantitative estimate of drug-likeness (QED) is 0.497. The third-order valence-corrected chi connectivity index (χ3v) is 6.71. The molecule has 2 heteroatoms. The Hall–Kier alpha value is 0.860. The normalized spacial score (nSPS) is 54.0. The van der Waals surface area contributed by atoms with E-state index in [2.05, 4.69) is 27.7 Å². The molecule has 1 aliphatic heterocycles. The molecule has 1 saturated heterocycles. The van der Waals surface area contributed by atoms with E-state index in [4.69, 9.17) is 0 Å². The Balaban J connectivity index is 2.49. The Labute approximate surface area is 68.1 Å². The van der Waals surface area contributed by atoms with Gasteiger partial charge in [-0.15, -0.1) is 17.2 Å². The molecule has 1 aliphatic rings. The van der Waals surface area contributed by atoms with Crippen molar-refractivity contribution in [1.29, 1.82) is 0 Å². The zero-order chi connectivity index (χ0) is 7.72. The van der Waals surface area contributed by atoms with E-state index in [9.17, 15) is 0 Å². The van der Waals surface area contributed by atoms with Crippen molar-refractivity contribution in [3.8, 4) is 0 Å². The molecule has 0 bridgehead atoms. The molecule has 0 N–H and O–H groups in total. The van der Waals surface area contributed by atoms with Gasteiger partial charge in [0.25, 0.3) is 0 Å². The molecule has 1 heterocycles. The summed E-state index contributed by atoms with van der Waals surface area (Å²) in [5, 5.41) is 1.03. The van der Waals surface area contributed by atoms with Crippen LogP contribution in [0.4, 0.5) is 0 Å². The predicted octanol–water partition coefficient (Wildman–Crippen LogP) is 3.12. The van der Waals surface area contributed by atoms with E-state index in [1.807, 2.05) is 0 Å². The van der Waals surface area contributed by atoms with Gasteiger partial charge >= 0.3 is 0 Å². The highest BCUT2D eigenvalue weighted by molar-refractivity contribution is 7.59. The first-order valence-electron chi connectivity index (χ1n) is 4.13. The molecule has 0 spiro atoms. The van der Waals surface area contributed by atoms with E-state index >= 15 is 0 Å². The van der Waals surface area contributed by atoms with Crippen LogP contribution in [-0.2, 0) is 0 Å². The van der Waals surface area contributed by atoms with Gasteiger partial charge in [-0.2, -0.15) is 0 Å². The molecule has 1 fully saturated rings. The minimum Gasteiger partial charge on any atom is -0.112 e. The highest BCUT2D eigenvalue weighted by atomic mass is 31.1.